The Labute approximate surface area is 128 Å². The second-order valence-electron chi connectivity index (χ2n) is 5.51. The highest BCUT2D eigenvalue weighted by atomic mass is 16.2. The van der Waals surface area contributed by atoms with Gasteiger partial charge >= 0.3 is 6.03 Å². The van der Waals surface area contributed by atoms with Gasteiger partial charge in [-0.25, -0.2) is 4.79 Å². The molecule has 5 amide bonds. The zero-order valence-electron chi connectivity index (χ0n) is 12.9. The van der Waals surface area contributed by atoms with Gasteiger partial charge in [-0.05, 0) is 6.42 Å². The highest BCUT2D eigenvalue weighted by Crippen LogP contribution is 2.12. The molecule has 2 rings (SSSR count). The summed E-state index contributed by atoms with van der Waals surface area (Å²) in [4.78, 5) is 53.5. The minimum Gasteiger partial charge on any atom is -0.342 e. The Morgan fingerprint density at radius 3 is 2.32 bits per heavy atom. The summed E-state index contributed by atoms with van der Waals surface area (Å²) in [5.41, 5.74) is 0. The zero-order valence-corrected chi connectivity index (χ0v) is 12.9. The van der Waals surface area contributed by atoms with Gasteiger partial charge in [0.1, 0.15) is 6.54 Å². The highest BCUT2D eigenvalue weighted by Gasteiger charge is 2.43. The normalized spacial score (nSPS) is 20.9. The van der Waals surface area contributed by atoms with Crippen molar-refractivity contribution in [3.63, 3.8) is 0 Å². The minimum absolute atomic E-state index is 0.184. The van der Waals surface area contributed by atoms with Crippen molar-refractivity contribution in [3.8, 4) is 0 Å². The van der Waals surface area contributed by atoms with E-state index in [1.165, 1.54) is 20.3 Å². The van der Waals surface area contributed by atoms with Crippen molar-refractivity contribution in [2.75, 3.05) is 33.7 Å². The number of urea groups is 1. The molecule has 22 heavy (non-hydrogen) atoms. The molecule has 2 fully saturated rings. The lowest BCUT2D eigenvalue weighted by molar-refractivity contribution is -0.454. The molecule has 1 N–H and O–H groups in total. The molecule has 120 valence electrons. The maximum atomic E-state index is 11.9. The summed E-state index contributed by atoms with van der Waals surface area (Å²) >= 11 is 0. The summed E-state index contributed by atoms with van der Waals surface area (Å²) < 4.78 is 0. The van der Waals surface area contributed by atoms with Crippen LogP contribution < -0.4 is 4.99 Å². The number of carbonyl (C=O) groups is 4. The first kappa shape index (κ1) is 16.1. The topological polar surface area (TPSA) is 92.0 Å². The van der Waals surface area contributed by atoms with E-state index in [0.717, 1.165) is 29.2 Å². The Bertz CT molecular complexity index is 507. The molecule has 8 heteroatoms. The van der Waals surface area contributed by atoms with Crippen LogP contribution in [0.4, 0.5) is 4.79 Å². The lowest BCUT2D eigenvalue weighted by Crippen LogP contribution is -2.73. The lowest BCUT2D eigenvalue weighted by atomic mass is 10.1. The van der Waals surface area contributed by atoms with E-state index in [9.17, 15) is 19.2 Å². The second-order valence-corrected chi connectivity index (χ2v) is 5.51. The quantitative estimate of drug-likeness (QED) is 0.355. The minimum atomic E-state index is -0.985. The van der Waals surface area contributed by atoms with Gasteiger partial charge in [0.25, 0.3) is 11.8 Å². The van der Waals surface area contributed by atoms with Gasteiger partial charge in [0, 0.05) is 40.0 Å². The molecule has 0 aromatic carbocycles. The number of hydrogen-bond acceptors (Lipinski definition) is 4. The van der Waals surface area contributed by atoms with Crippen LogP contribution in [0.15, 0.2) is 0 Å². The molecule has 2 heterocycles. The third-order valence-electron chi connectivity index (χ3n) is 3.97. The van der Waals surface area contributed by atoms with Gasteiger partial charge in [0.15, 0.2) is 12.1 Å². The molecule has 2 saturated heterocycles. The smallest absolute Gasteiger partial charge is 0.332 e. The molecule has 0 radical (unpaired) electrons. The van der Waals surface area contributed by atoms with Gasteiger partial charge in [-0.3, -0.25) is 29.2 Å². The van der Waals surface area contributed by atoms with E-state index < -0.39 is 23.8 Å². The van der Waals surface area contributed by atoms with Crippen LogP contribution in [0.25, 0.3) is 0 Å². The Morgan fingerprint density at radius 1 is 1.14 bits per heavy atom. The van der Waals surface area contributed by atoms with Gasteiger partial charge in [-0.1, -0.05) is 0 Å². The Balaban J connectivity index is 1.84. The Morgan fingerprint density at radius 2 is 1.77 bits per heavy atom. The van der Waals surface area contributed by atoms with Gasteiger partial charge in [-0.2, -0.15) is 0 Å². The third kappa shape index (κ3) is 3.15. The van der Waals surface area contributed by atoms with Crippen LogP contribution in [0.3, 0.4) is 0 Å². The number of nitrogens with zero attached hydrogens (tertiary/aromatic N) is 3. The van der Waals surface area contributed by atoms with Gasteiger partial charge < -0.3 is 4.90 Å². The van der Waals surface area contributed by atoms with Gasteiger partial charge in [-0.15, -0.1) is 0 Å². The number of carbonyl (C=O) groups excluding carboxylic acids is 4. The number of imide groups is 2. The predicted octanol–water partition coefficient (Wildman–Crippen LogP) is -2.18. The van der Waals surface area contributed by atoms with Crippen LogP contribution in [0.2, 0.25) is 0 Å². The van der Waals surface area contributed by atoms with E-state index in [2.05, 4.69) is 4.99 Å². The van der Waals surface area contributed by atoms with Crippen LogP contribution in [0.1, 0.15) is 19.3 Å². The highest BCUT2D eigenvalue weighted by molar-refractivity contribution is 6.22. The molecule has 8 nitrogen and oxygen atoms in total. The molecular weight excluding hydrogens is 288 g/mol. The average Bonchev–Trinajstić information content (AvgIpc) is 2.91. The third-order valence-corrected chi connectivity index (χ3v) is 3.97. The molecule has 0 spiro atoms. The fraction of sp³-hybridized carbons (Fsp3) is 0.643. The molecular formula is C14H21N4O4+. The zero-order chi connectivity index (χ0) is 16.3. The lowest BCUT2D eigenvalue weighted by Gasteiger charge is -2.30. The van der Waals surface area contributed by atoms with Gasteiger partial charge in [0.2, 0.25) is 5.91 Å². The largest absolute Gasteiger partial charge is 0.342 e. The molecule has 0 unspecified atom stereocenters. The SMILES string of the molecule is CN1C(=O)C(C=[NH+]CCCN2CCCC2=O)C(=O)N(C)C1=O. The van der Waals surface area contributed by atoms with Crippen molar-refractivity contribution >= 4 is 30.0 Å². The number of hydrogen-bond donors (Lipinski definition) is 1. The molecule has 0 aliphatic carbocycles. The van der Waals surface area contributed by atoms with E-state index in [1.54, 1.807) is 0 Å². The molecule has 2 aliphatic rings. The first-order valence-corrected chi connectivity index (χ1v) is 7.37. The van der Waals surface area contributed by atoms with Crippen molar-refractivity contribution < 1.29 is 24.2 Å². The summed E-state index contributed by atoms with van der Waals surface area (Å²) in [6.45, 7) is 2.03. The van der Waals surface area contributed by atoms with Crippen molar-refractivity contribution in [2.24, 2.45) is 5.92 Å². The number of rotatable bonds is 5. The summed E-state index contributed by atoms with van der Waals surface area (Å²) in [6, 6.07) is -0.618. The van der Waals surface area contributed by atoms with Crippen LogP contribution in [0.5, 0.6) is 0 Å². The molecule has 0 saturated carbocycles. The summed E-state index contributed by atoms with van der Waals surface area (Å²) in [6.07, 6.45) is 3.70. The maximum Gasteiger partial charge on any atom is 0.332 e. The Hall–Kier alpha value is -2.25. The van der Waals surface area contributed by atoms with Crippen LogP contribution in [-0.2, 0) is 14.4 Å². The Kier molecular flexibility index (Phi) is 4.89. The van der Waals surface area contributed by atoms with Crippen molar-refractivity contribution in [3.05, 3.63) is 0 Å². The molecule has 2 aliphatic heterocycles. The summed E-state index contributed by atoms with van der Waals surface area (Å²) in [5.74, 6) is -1.87. The van der Waals surface area contributed by atoms with Crippen molar-refractivity contribution in [1.82, 2.24) is 14.7 Å². The van der Waals surface area contributed by atoms with E-state index in [4.69, 9.17) is 0 Å². The number of nitrogens with one attached hydrogen (secondary N) is 1. The maximum absolute atomic E-state index is 11.9. The van der Waals surface area contributed by atoms with E-state index in [0.29, 0.717) is 19.5 Å². The van der Waals surface area contributed by atoms with Crippen LogP contribution in [-0.4, -0.2) is 78.4 Å². The predicted molar refractivity (Wildman–Crippen MR) is 76.8 cm³/mol. The van der Waals surface area contributed by atoms with Crippen LogP contribution >= 0.6 is 0 Å². The molecule has 0 atom stereocenters. The summed E-state index contributed by atoms with van der Waals surface area (Å²) in [7, 11) is 2.71. The van der Waals surface area contributed by atoms with Crippen LogP contribution in [0, 0.1) is 5.92 Å². The average molecular weight is 309 g/mol. The van der Waals surface area contributed by atoms with Crippen molar-refractivity contribution in [1.29, 1.82) is 0 Å². The molecule has 0 aromatic rings. The molecule has 0 bridgehead atoms. The number of barbiturate groups is 1. The summed E-state index contributed by atoms with van der Waals surface area (Å²) in [5, 5.41) is 0. The monoisotopic (exact) mass is 309 g/mol. The fourth-order valence-corrected chi connectivity index (χ4v) is 2.59. The van der Waals surface area contributed by atoms with E-state index >= 15 is 0 Å². The first-order chi connectivity index (χ1) is 10.4. The standard InChI is InChI=1S/C14H20N4O4/c1-16-12(20)10(13(21)17(2)14(16)22)9-15-6-4-8-18-7-3-5-11(18)19/h9-10H,3-8H2,1-2H3/p+1. The second kappa shape index (κ2) is 6.67. The van der Waals surface area contributed by atoms with Crippen molar-refractivity contribution in [2.45, 2.75) is 19.3 Å². The molecule has 0 aromatic heterocycles. The number of likely N-dealkylation sites (tertiary alicyclic amines) is 1. The first-order valence-electron chi connectivity index (χ1n) is 7.37. The fourth-order valence-electron chi connectivity index (χ4n) is 2.59. The van der Waals surface area contributed by atoms with E-state index in [-0.39, 0.29) is 5.91 Å². The number of amides is 5. The van der Waals surface area contributed by atoms with Gasteiger partial charge in [0.05, 0.1) is 0 Å². The van der Waals surface area contributed by atoms with E-state index in [1.807, 2.05) is 4.90 Å².